The Morgan fingerprint density at radius 3 is 2.48 bits per heavy atom. The van der Waals surface area contributed by atoms with Crippen LogP contribution in [0.25, 0.3) is 0 Å². The average molecular weight is 311 g/mol. The van der Waals surface area contributed by atoms with Crippen LogP contribution in [-0.2, 0) is 4.79 Å². The molecule has 1 aromatic carbocycles. The third-order valence-electron chi connectivity index (χ3n) is 3.68. The molecule has 0 spiro atoms. The number of nitrogens with zero attached hydrogens (tertiary/aromatic N) is 1. The van der Waals surface area contributed by atoms with Gasteiger partial charge in [-0.15, -0.1) is 0 Å². The Balaban J connectivity index is 1.87. The Bertz CT molecular complexity index is 500. The molecule has 1 aliphatic carbocycles. The van der Waals surface area contributed by atoms with E-state index >= 15 is 0 Å². The molecule has 1 aliphatic rings. The lowest BCUT2D eigenvalue weighted by Crippen LogP contribution is -2.48. The third kappa shape index (κ3) is 4.52. The Morgan fingerprint density at radius 2 is 1.95 bits per heavy atom. The van der Waals surface area contributed by atoms with E-state index in [0.29, 0.717) is 23.2 Å². The van der Waals surface area contributed by atoms with Crippen LogP contribution >= 0.6 is 11.6 Å². The number of imide groups is 1. The number of carbonyl (C=O) groups is 2. The molecule has 2 N–H and O–H groups in total. The molecule has 2 rings (SSSR count). The van der Waals surface area contributed by atoms with Gasteiger partial charge in [-0.1, -0.05) is 18.0 Å². The summed E-state index contributed by atoms with van der Waals surface area (Å²) in [5.74, 6) is -0.787. The van der Waals surface area contributed by atoms with Gasteiger partial charge in [0.1, 0.15) is 0 Å². The van der Waals surface area contributed by atoms with Gasteiger partial charge in [0, 0.05) is 23.2 Å². The zero-order valence-corrected chi connectivity index (χ0v) is 12.5. The minimum absolute atomic E-state index is 0.00884. The summed E-state index contributed by atoms with van der Waals surface area (Å²) in [5.41, 5.74) is 0.394. The first-order chi connectivity index (χ1) is 10.1. The summed E-state index contributed by atoms with van der Waals surface area (Å²) in [4.78, 5) is 25.8. The molecule has 5 nitrogen and oxygen atoms in total. The predicted molar refractivity (Wildman–Crippen MR) is 80.2 cm³/mol. The second kappa shape index (κ2) is 7.54. The molecule has 0 heterocycles. The Kier molecular flexibility index (Phi) is 5.73. The van der Waals surface area contributed by atoms with Crippen molar-refractivity contribution in [1.29, 1.82) is 0 Å². The molecule has 1 saturated carbocycles. The zero-order chi connectivity index (χ0) is 15.2. The standard InChI is InChI=1S/C15H19ClN2O3/c16-12-6-4-11(5-7-12)15(21)17-14(20)10-18(8-9-19)13-2-1-3-13/h4-7,13,19H,1-3,8-10H2,(H,17,20,21). The fourth-order valence-corrected chi connectivity index (χ4v) is 2.42. The van der Waals surface area contributed by atoms with Gasteiger partial charge >= 0.3 is 0 Å². The van der Waals surface area contributed by atoms with Crippen molar-refractivity contribution < 1.29 is 14.7 Å². The molecular weight excluding hydrogens is 292 g/mol. The summed E-state index contributed by atoms with van der Waals surface area (Å²) in [5, 5.41) is 12.0. The van der Waals surface area contributed by atoms with E-state index in [1.807, 2.05) is 4.90 Å². The molecule has 114 valence electrons. The quantitative estimate of drug-likeness (QED) is 0.834. The lowest BCUT2D eigenvalue weighted by atomic mass is 9.91. The number of aliphatic hydroxyl groups excluding tert-OH is 1. The average Bonchev–Trinajstić information content (AvgIpc) is 2.37. The minimum atomic E-state index is -0.436. The van der Waals surface area contributed by atoms with Crippen LogP contribution < -0.4 is 5.32 Å². The molecule has 2 amide bonds. The lowest BCUT2D eigenvalue weighted by molar-refractivity contribution is -0.122. The number of amides is 2. The van der Waals surface area contributed by atoms with Crippen LogP contribution in [0.15, 0.2) is 24.3 Å². The maximum absolute atomic E-state index is 11.9. The molecular formula is C15H19ClN2O3. The first-order valence-electron chi connectivity index (χ1n) is 7.05. The highest BCUT2D eigenvalue weighted by atomic mass is 35.5. The maximum Gasteiger partial charge on any atom is 0.257 e. The van der Waals surface area contributed by atoms with E-state index in [4.69, 9.17) is 16.7 Å². The van der Waals surface area contributed by atoms with Gasteiger partial charge in [-0.2, -0.15) is 0 Å². The van der Waals surface area contributed by atoms with Crippen LogP contribution in [0.2, 0.25) is 5.02 Å². The number of hydrogen-bond donors (Lipinski definition) is 2. The predicted octanol–water partition coefficient (Wildman–Crippen LogP) is 1.44. The van der Waals surface area contributed by atoms with Crippen molar-refractivity contribution in [2.45, 2.75) is 25.3 Å². The summed E-state index contributed by atoms with van der Waals surface area (Å²) < 4.78 is 0. The summed E-state index contributed by atoms with van der Waals surface area (Å²) in [7, 11) is 0. The monoisotopic (exact) mass is 310 g/mol. The van der Waals surface area contributed by atoms with Crippen LogP contribution in [-0.4, -0.2) is 47.6 Å². The fraction of sp³-hybridized carbons (Fsp3) is 0.467. The smallest absolute Gasteiger partial charge is 0.257 e. The Morgan fingerprint density at radius 1 is 1.29 bits per heavy atom. The zero-order valence-electron chi connectivity index (χ0n) is 11.7. The van der Waals surface area contributed by atoms with Crippen LogP contribution in [0.1, 0.15) is 29.6 Å². The highest BCUT2D eigenvalue weighted by Crippen LogP contribution is 2.24. The lowest BCUT2D eigenvalue weighted by Gasteiger charge is -2.36. The molecule has 0 unspecified atom stereocenters. The number of nitrogens with one attached hydrogen (secondary N) is 1. The van der Waals surface area contributed by atoms with Gasteiger partial charge in [-0.3, -0.25) is 19.8 Å². The van der Waals surface area contributed by atoms with Crippen molar-refractivity contribution in [3.63, 3.8) is 0 Å². The molecule has 1 fully saturated rings. The third-order valence-corrected chi connectivity index (χ3v) is 3.94. The molecule has 0 aliphatic heterocycles. The van der Waals surface area contributed by atoms with Gasteiger partial charge in [0.05, 0.1) is 13.2 Å². The van der Waals surface area contributed by atoms with Crippen LogP contribution in [0.3, 0.4) is 0 Å². The van der Waals surface area contributed by atoms with Gasteiger partial charge in [0.2, 0.25) is 5.91 Å². The van der Waals surface area contributed by atoms with E-state index in [1.54, 1.807) is 24.3 Å². The van der Waals surface area contributed by atoms with E-state index < -0.39 is 5.91 Å². The maximum atomic E-state index is 11.9. The normalized spacial score (nSPS) is 14.8. The van der Waals surface area contributed by atoms with Crippen molar-refractivity contribution in [1.82, 2.24) is 10.2 Å². The number of benzene rings is 1. The molecule has 21 heavy (non-hydrogen) atoms. The number of rotatable bonds is 6. The van der Waals surface area contributed by atoms with Gasteiger partial charge in [0.25, 0.3) is 5.91 Å². The van der Waals surface area contributed by atoms with Gasteiger partial charge < -0.3 is 5.11 Å². The number of hydrogen-bond acceptors (Lipinski definition) is 4. The molecule has 0 saturated heterocycles. The van der Waals surface area contributed by atoms with Gasteiger partial charge in [-0.25, -0.2) is 0 Å². The van der Waals surface area contributed by atoms with Crippen LogP contribution in [0.4, 0.5) is 0 Å². The second-order valence-corrected chi connectivity index (χ2v) is 5.60. The first-order valence-corrected chi connectivity index (χ1v) is 7.42. The SMILES string of the molecule is O=C(CN(CCO)C1CCC1)NC(=O)c1ccc(Cl)cc1. The highest BCUT2D eigenvalue weighted by Gasteiger charge is 2.26. The highest BCUT2D eigenvalue weighted by molar-refractivity contribution is 6.30. The number of aliphatic hydroxyl groups is 1. The first kappa shape index (κ1) is 15.9. The van der Waals surface area contributed by atoms with Crippen LogP contribution in [0.5, 0.6) is 0 Å². The van der Waals surface area contributed by atoms with Crippen molar-refractivity contribution >= 4 is 23.4 Å². The van der Waals surface area contributed by atoms with Gasteiger partial charge in [-0.05, 0) is 37.1 Å². The summed E-state index contributed by atoms with van der Waals surface area (Å²) >= 11 is 5.75. The van der Waals surface area contributed by atoms with Crippen LogP contribution in [0, 0.1) is 0 Å². The van der Waals surface area contributed by atoms with Crippen molar-refractivity contribution in [2.75, 3.05) is 19.7 Å². The van der Waals surface area contributed by atoms with E-state index in [2.05, 4.69) is 5.32 Å². The van der Waals surface area contributed by atoms with E-state index in [-0.39, 0.29) is 19.1 Å². The number of carbonyl (C=O) groups excluding carboxylic acids is 2. The van der Waals surface area contributed by atoms with E-state index in [1.165, 1.54) is 0 Å². The molecule has 0 atom stereocenters. The molecule has 0 radical (unpaired) electrons. The van der Waals surface area contributed by atoms with Crippen molar-refractivity contribution in [2.24, 2.45) is 0 Å². The van der Waals surface area contributed by atoms with Crippen molar-refractivity contribution in [3.05, 3.63) is 34.9 Å². The van der Waals surface area contributed by atoms with E-state index in [0.717, 1.165) is 19.3 Å². The largest absolute Gasteiger partial charge is 0.395 e. The molecule has 1 aromatic rings. The number of halogens is 1. The molecule has 0 aromatic heterocycles. The minimum Gasteiger partial charge on any atom is -0.395 e. The summed E-state index contributed by atoms with van der Waals surface area (Å²) in [6, 6.07) is 6.69. The summed E-state index contributed by atoms with van der Waals surface area (Å²) in [6.07, 6.45) is 3.23. The molecule has 6 heteroatoms. The van der Waals surface area contributed by atoms with E-state index in [9.17, 15) is 9.59 Å². The fourth-order valence-electron chi connectivity index (χ4n) is 2.30. The second-order valence-electron chi connectivity index (χ2n) is 5.16. The molecule has 0 bridgehead atoms. The summed E-state index contributed by atoms with van der Waals surface area (Å²) in [6.45, 7) is 0.590. The Hall–Kier alpha value is -1.43. The van der Waals surface area contributed by atoms with Gasteiger partial charge in [0.15, 0.2) is 0 Å². The van der Waals surface area contributed by atoms with Crippen molar-refractivity contribution in [3.8, 4) is 0 Å². The Labute approximate surface area is 128 Å². The topological polar surface area (TPSA) is 69.6 Å².